The van der Waals surface area contributed by atoms with E-state index >= 15 is 0 Å². The molecule has 0 spiro atoms. The SMILES string of the molecule is CC(C)(C)OC(=O)N1CCC(n2ncc3c(Oc4ccc(-n5ccnc5)cc4)ncnc32)CC1. The second kappa shape index (κ2) is 8.77. The number of ether oxygens (including phenoxy) is 2. The van der Waals surface area contributed by atoms with Crippen molar-refractivity contribution in [3.8, 4) is 17.3 Å². The van der Waals surface area contributed by atoms with Crippen molar-refractivity contribution >= 4 is 17.1 Å². The molecular weight excluding hydrogens is 434 g/mol. The van der Waals surface area contributed by atoms with E-state index in [0.717, 1.165) is 29.6 Å². The van der Waals surface area contributed by atoms with Gasteiger partial charge in [0.05, 0.1) is 18.6 Å². The number of rotatable bonds is 4. The quantitative estimate of drug-likeness (QED) is 0.445. The molecule has 0 aliphatic carbocycles. The molecule has 34 heavy (non-hydrogen) atoms. The topological polar surface area (TPSA) is 100 Å². The lowest BCUT2D eigenvalue weighted by molar-refractivity contribution is 0.0186. The van der Waals surface area contributed by atoms with Gasteiger partial charge in [-0.3, -0.25) is 0 Å². The standard InChI is InChI=1S/C24H27N7O3/c1-24(2,3)34-23(32)29-11-8-18(9-12-29)31-21-20(14-28-31)22(27-15-26-21)33-19-6-4-17(5-7-19)30-13-10-25-16-30/h4-7,10,13-16,18H,8-9,11-12H2,1-3H3. The Morgan fingerprint density at radius 1 is 1.09 bits per heavy atom. The van der Waals surface area contributed by atoms with E-state index in [-0.39, 0.29) is 12.1 Å². The van der Waals surface area contributed by atoms with Crippen molar-refractivity contribution in [1.29, 1.82) is 0 Å². The third-order valence-corrected chi connectivity index (χ3v) is 5.67. The predicted octanol–water partition coefficient (Wildman–Crippen LogP) is 4.38. The van der Waals surface area contributed by atoms with E-state index in [1.165, 1.54) is 6.33 Å². The number of benzene rings is 1. The largest absolute Gasteiger partial charge is 0.444 e. The second-order valence-electron chi connectivity index (χ2n) is 9.27. The summed E-state index contributed by atoms with van der Waals surface area (Å²) in [5.74, 6) is 1.13. The highest BCUT2D eigenvalue weighted by Crippen LogP contribution is 2.31. The van der Waals surface area contributed by atoms with Crippen LogP contribution < -0.4 is 4.74 Å². The van der Waals surface area contributed by atoms with Crippen LogP contribution in [0, 0.1) is 0 Å². The molecule has 10 nitrogen and oxygen atoms in total. The molecule has 1 aliphatic heterocycles. The minimum atomic E-state index is -0.501. The summed E-state index contributed by atoms with van der Waals surface area (Å²) in [6.07, 6.45) is 9.87. The number of nitrogens with zero attached hydrogens (tertiary/aromatic N) is 7. The van der Waals surface area contributed by atoms with Crippen LogP contribution in [-0.4, -0.2) is 59.0 Å². The Balaban J connectivity index is 1.29. The van der Waals surface area contributed by atoms with Gasteiger partial charge in [-0.25, -0.2) is 24.4 Å². The zero-order valence-corrected chi connectivity index (χ0v) is 19.5. The highest BCUT2D eigenvalue weighted by atomic mass is 16.6. The van der Waals surface area contributed by atoms with E-state index in [9.17, 15) is 4.79 Å². The maximum Gasteiger partial charge on any atom is 0.410 e. The van der Waals surface area contributed by atoms with E-state index < -0.39 is 5.60 Å². The Hall–Kier alpha value is -3.95. The molecule has 1 saturated heterocycles. The third kappa shape index (κ3) is 4.57. The average molecular weight is 462 g/mol. The van der Waals surface area contributed by atoms with Crippen molar-refractivity contribution in [2.24, 2.45) is 0 Å². The van der Waals surface area contributed by atoms with Crippen molar-refractivity contribution in [3.05, 3.63) is 55.5 Å². The van der Waals surface area contributed by atoms with Gasteiger partial charge in [0.25, 0.3) is 0 Å². The molecule has 4 heterocycles. The molecule has 10 heteroatoms. The number of hydrogen-bond donors (Lipinski definition) is 0. The Labute approximate surface area is 197 Å². The molecule has 0 atom stereocenters. The normalized spacial score (nSPS) is 15.0. The van der Waals surface area contributed by atoms with Crippen molar-refractivity contribution in [3.63, 3.8) is 0 Å². The van der Waals surface area contributed by atoms with E-state index in [1.54, 1.807) is 23.6 Å². The van der Waals surface area contributed by atoms with Gasteiger partial charge in [0.1, 0.15) is 23.1 Å². The first-order valence-electron chi connectivity index (χ1n) is 11.3. The summed E-state index contributed by atoms with van der Waals surface area (Å²) in [6.45, 7) is 6.85. The van der Waals surface area contributed by atoms with Gasteiger partial charge in [0.15, 0.2) is 5.65 Å². The maximum atomic E-state index is 12.4. The molecule has 1 amide bonds. The lowest BCUT2D eigenvalue weighted by atomic mass is 10.1. The van der Waals surface area contributed by atoms with Crippen LogP contribution in [0.5, 0.6) is 11.6 Å². The minimum absolute atomic E-state index is 0.133. The number of likely N-dealkylation sites (tertiary alicyclic amines) is 1. The average Bonchev–Trinajstić information content (AvgIpc) is 3.50. The first-order chi connectivity index (χ1) is 16.4. The van der Waals surface area contributed by atoms with E-state index in [1.807, 2.05) is 60.5 Å². The summed E-state index contributed by atoms with van der Waals surface area (Å²) in [4.78, 5) is 27.0. The Morgan fingerprint density at radius 3 is 2.53 bits per heavy atom. The molecule has 1 aromatic carbocycles. The van der Waals surface area contributed by atoms with Crippen molar-refractivity contribution < 1.29 is 14.3 Å². The van der Waals surface area contributed by atoms with Crippen LogP contribution in [0.2, 0.25) is 0 Å². The summed E-state index contributed by atoms with van der Waals surface area (Å²) in [5, 5.41) is 5.33. The Kier molecular flexibility index (Phi) is 5.64. The summed E-state index contributed by atoms with van der Waals surface area (Å²) in [5.41, 5.74) is 1.21. The number of aromatic nitrogens is 6. The van der Waals surface area contributed by atoms with Crippen LogP contribution in [0.25, 0.3) is 16.7 Å². The van der Waals surface area contributed by atoms with Crippen molar-refractivity contribution in [2.75, 3.05) is 13.1 Å². The lowest BCUT2D eigenvalue weighted by Crippen LogP contribution is -2.42. The molecule has 1 aliphatic rings. The number of fused-ring (bicyclic) bond motifs is 1. The number of hydrogen-bond acceptors (Lipinski definition) is 7. The molecule has 5 rings (SSSR count). The van der Waals surface area contributed by atoms with E-state index in [2.05, 4.69) is 20.1 Å². The highest BCUT2D eigenvalue weighted by Gasteiger charge is 2.29. The van der Waals surface area contributed by atoms with Crippen LogP contribution >= 0.6 is 0 Å². The first-order valence-corrected chi connectivity index (χ1v) is 11.3. The number of carbonyl (C=O) groups excluding carboxylic acids is 1. The fourth-order valence-electron chi connectivity index (χ4n) is 4.02. The van der Waals surface area contributed by atoms with Gasteiger partial charge in [-0.1, -0.05) is 0 Å². The van der Waals surface area contributed by atoms with E-state index in [0.29, 0.717) is 24.7 Å². The Bertz CT molecular complexity index is 1270. The summed E-state index contributed by atoms with van der Waals surface area (Å²) in [7, 11) is 0. The molecule has 0 radical (unpaired) electrons. The molecule has 4 aromatic rings. The van der Waals surface area contributed by atoms with Crippen molar-refractivity contribution in [2.45, 2.75) is 45.3 Å². The number of imidazole rings is 1. The summed E-state index contributed by atoms with van der Waals surface area (Å²) in [6, 6.07) is 7.82. The summed E-state index contributed by atoms with van der Waals surface area (Å²) >= 11 is 0. The van der Waals surface area contributed by atoms with Gasteiger partial charge in [-0.15, -0.1) is 0 Å². The zero-order valence-electron chi connectivity index (χ0n) is 19.5. The monoisotopic (exact) mass is 461 g/mol. The molecule has 0 unspecified atom stereocenters. The number of carbonyl (C=O) groups is 1. The molecule has 0 bridgehead atoms. The van der Waals surface area contributed by atoms with Gasteiger partial charge >= 0.3 is 6.09 Å². The molecular formula is C24H27N7O3. The maximum absolute atomic E-state index is 12.4. The van der Waals surface area contributed by atoms with Gasteiger partial charge in [0.2, 0.25) is 5.88 Å². The van der Waals surface area contributed by atoms with Crippen LogP contribution in [0.4, 0.5) is 4.79 Å². The highest BCUT2D eigenvalue weighted by molar-refractivity contribution is 5.80. The minimum Gasteiger partial charge on any atom is -0.444 e. The van der Waals surface area contributed by atoms with Crippen LogP contribution in [-0.2, 0) is 4.74 Å². The molecule has 3 aromatic heterocycles. The summed E-state index contributed by atoms with van der Waals surface area (Å²) < 4.78 is 15.4. The molecule has 176 valence electrons. The van der Waals surface area contributed by atoms with Crippen LogP contribution in [0.3, 0.4) is 0 Å². The van der Waals surface area contributed by atoms with Crippen LogP contribution in [0.15, 0.2) is 55.5 Å². The second-order valence-corrected chi connectivity index (χ2v) is 9.27. The molecule has 0 N–H and O–H groups in total. The van der Waals surface area contributed by atoms with Gasteiger partial charge in [0, 0.05) is 31.2 Å². The zero-order chi connectivity index (χ0) is 23.7. The fourth-order valence-corrected chi connectivity index (χ4v) is 4.02. The van der Waals surface area contributed by atoms with Crippen molar-refractivity contribution in [1.82, 2.24) is 34.2 Å². The smallest absolute Gasteiger partial charge is 0.410 e. The predicted molar refractivity (Wildman–Crippen MR) is 125 cm³/mol. The van der Waals surface area contributed by atoms with Gasteiger partial charge in [-0.2, -0.15) is 5.10 Å². The third-order valence-electron chi connectivity index (χ3n) is 5.67. The van der Waals surface area contributed by atoms with Gasteiger partial charge < -0.3 is 18.9 Å². The number of amides is 1. The first kappa shape index (κ1) is 21.9. The Morgan fingerprint density at radius 2 is 1.85 bits per heavy atom. The van der Waals surface area contributed by atoms with Crippen LogP contribution in [0.1, 0.15) is 39.7 Å². The molecule has 0 saturated carbocycles. The van der Waals surface area contributed by atoms with Gasteiger partial charge in [-0.05, 0) is 57.9 Å². The number of piperidine rings is 1. The molecule has 1 fully saturated rings. The fraction of sp³-hybridized carbons (Fsp3) is 0.375. The van der Waals surface area contributed by atoms with E-state index in [4.69, 9.17) is 9.47 Å². The lowest BCUT2D eigenvalue weighted by Gasteiger charge is -2.33.